The van der Waals surface area contributed by atoms with Crippen molar-refractivity contribution in [1.82, 2.24) is 9.21 Å². The second-order valence-corrected chi connectivity index (χ2v) is 9.32. The van der Waals surface area contributed by atoms with Crippen LogP contribution < -0.4 is 0 Å². The third-order valence-corrected chi connectivity index (χ3v) is 7.23. The van der Waals surface area contributed by atoms with Gasteiger partial charge < -0.3 is 9.64 Å². The molecular formula is C23H21FN2O5S. The summed E-state index contributed by atoms with van der Waals surface area (Å²) in [6.45, 7) is 0.149. The lowest BCUT2D eigenvalue weighted by Gasteiger charge is -2.33. The Hall–Kier alpha value is -3.30. The number of carbonyl (C=O) groups excluding carboxylic acids is 2. The lowest BCUT2D eigenvalue weighted by atomic mass is 10.1. The fourth-order valence-electron chi connectivity index (χ4n) is 3.57. The number of piperazine rings is 1. The Kier molecular flexibility index (Phi) is 6.20. The highest BCUT2D eigenvalue weighted by atomic mass is 32.2. The molecule has 4 rings (SSSR count). The van der Waals surface area contributed by atoms with E-state index in [9.17, 15) is 22.4 Å². The Morgan fingerprint density at radius 1 is 0.875 bits per heavy atom. The number of benzene rings is 3. The summed E-state index contributed by atoms with van der Waals surface area (Å²) >= 11 is 0. The molecule has 0 saturated carbocycles. The molecular weight excluding hydrogens is 435 g/mol. The van der Waals surface area contributed by atoms with Gasteiger partial charge >= 0.3 is 5.97 Å². The normalized spacial score (nSPS) is 15.0. The van der Waals surface area contributed by atoms with Crippen molar-refractivity contribution < 1.29 is 27.1 Å². The fraction of sp³-hybridized carbons (Fsp3) is 0.217. The van der Waals surface area contributed by atoms with Crippen LogP contribution in [-0.2, 0) is 19.6 Å². The van der Waals surface area contributed by atoms with Crippen molar-refractivity contribution in [3.63, 3.8) is 0 Å². The maximum Gasteiger partial charge on any atom is 0.338 e. The molecule has 1 fully saturated rings. The Labute approximate surface area is 185 Å². The van der Waals surface area contributed by atoms with Crippen molar-refractivity contribution in [2.45, 2.75) is 4.90 Å². The Morgan fingerprint density at radius 3 is 2.31 bits per heavy atom. The second-order valence-electron chi connectivity index (χ2n) is 7.38. The number of rotatable bonds is 5. The summed E-state index contributed by atoms with van der Waals surface area (Å²) in [5, 5.41) is 1.79. The van der Waals surface area contributed by atoms with Crippen molar-refractivity contribution in [3.8, 4) is 0 Å². The van der Waals surface area contributed by atoms with Crippen LogP contribution in [0, 0.1) is 5.82 Å². The minimum atomic E-state index is -3.69. The fourth-order valence-corrected chi connectivity index (χ4v) is 5.03. The first-order valence-corrected chi connectivity index (χ1v) is 11.5. The summed E-state index contributed by atoms with van der Waals surface area (Å²) < 4.78 is 45.6. The third-order valence-electron chi connectivity index (χ3n) is 5.34. The summed E-state index contributed by atoms with van der Waals surface area (Å²) in [6.07, 6.45) is 0. The first-order chi connectivity index (χ1) is 15.3. The summed E-state index contributed by atoms with van der Waals surface area (Å²) in [4.78, 5) is 26.0. The van der Waals surface area contributed by atoms with E-state index in [-0.39, 0.29) is 36.6 Å². The number of hydrogen-bond donors (Lipinski definition) is 0. The number of esters is 1. The molecule has 9 heteroatoms. The summed E-state index contributed by atoms with van der Waals surface area (Å²) in [6, 6.07) is 17.5. The van der Waals surface area contributed by atoms with Crippen molar-refractivity contribution >= 4 is 32.7 Å². The molecule has 1 amide bonds. The van der Waals surface area contributed by atoms with E-state index in [1.54, 1.807) is 18.2 Å². The molecule has 7 nitrogen and oxygen atoms in total. The average Bonchev–Trinajstić information content (AvgIpc) is 2.82. The van der Waals surface area contributed by atoms with E-state index in [2.05, 4.69) is 0 Å². The van der Waals surface area contributed by atoms with Crippen LogP contribution in [0.1, 0.15) is 10.4 Å². The molecule has 32 heavy (non-hydrogen) atoms. The van der Waals surface area contributed by atoms with Crippen LogP contribution in [0.3, 0.4) is 0 Å². The molecule has 0 aliphatic carbocycles. The van der Waals surface area contributed by atoms with Gasteiger partial charge in [-0.2, -0.15) is 4.31 Å². The maximum absolute atomic E-state index is 13.2. The molecule has 0 radical (unpaired) electrons. The summed E-state index contributed by atoms with van der Waals surface area (Å²) in [5.41, 5.74) is 0.0177. The van der Waals surface area contributed by atoms with Gasteiger partial charge in [-0.15, -0.1) is 0 Å². The number of carbonyl (C=O) groups is 2. The summed E-state index contributed by atoms with van der Waals surface area (Å²) in [5.74, 6) is -1.80. The molecule has 166 valence electrons. The lowest BCUT2D eigenvalue weighted by molar-refractivity contribution is -0.135. The van der Waals surface area contributed by atoms with Gasteiger partial charge in [-0.05, 0) is 41.1 Å². The molecule has 3 aromatic carbocycles. The van der Waals surface area contributed by atoms with E-state index < -0.39 is 34.3 Å². The van der Waals surface area contributed by atoms with E-state index in [1.807, 2.05) is 24.3 Å². The van der Waals surface area contributed by atoms with Crippen LogP contribution in [-0.4, -0.2) is 62.3 Å². The molecule has 3 aromatic rings. The van der Waals surface area contributed by atoms with Crippen molar-refractivity contribution in [1.29, 1.82) is 0 Å². The van der Waals surface area contributed by atoms with Gasteiger partial charge in [-0.1, -0.05) is 36.4 Å². The molecule has 1 aliphatic rings. The predicted molar refractivity (Wildman–Crippen MR) is 116 cm³/mol. The Balaban J connectivity index is 1.34. The first kappa shape index (κ1) is 21.9. The van der Waals surface area contributed by atoms with Gasteiger partial charge in [-0.25, -0.2) is 17.6 Å². The molecule has 0 N–H and O–H groups in total. The van der Waals surface area contributed by atoms with Crippen molar-refractivity contribution in [3.05, 3.63) is 78.1 Å². The predicted octanol–water partition coefficient (Wildman–Crippen LogP) is 2.67. The van der Waals surface area contributed by atoms with E-state index in [1.165, 1.54) is 27.4 Å². The van der Waals surface area contributed by atoms with Crippen LogP contribution in [0.2, 0.25) is 0 Å². The Morgan fingerprint density at radius 2 is 1.59 bits per heavy atom. The number of amides is 1. The monoisotopic (exact) mass is 456 g/mol. The quantitative estimate of drug-likeness (QED) is 0.551. The second kappa shape index (κ2) is 9.05. The van der Waals surface area contributed by atoms with E-state index >= 15 is 0 Å². The van der Waals surface area contributed by atoms with E-state index in [0.29, 0.717) is 0 Å². The number of nitrogens with zero attached hydrogens (tertiary/aromatic N) is 2. The molecule has 0 spiro atoms. The number of halogens is 1. The van der Waals surface area contributed by atoms with E-state index in [4.69, 9.17) is 4.74 Å². The van der Waals surface area contributed by atoms with Gasteiger partial charge in [-0.3, -0.25) is 4.79 Å². The molecule has 0 bridgehead atoms. The molecule has 0 unspecified atom stereocenters. The van der Waals surface area contributed by atoms with Crippen LogP contribution in [0.5, 0.6) is 0 Å². The third kappa shape index (κ3) is 4.63. The van der Waals surface area contributed by atoms with Gasteiger partial charge in [0.15, 0.2) is 6.61 Å². The Bertz CT molecular complexity index is 1270. The highest BCUT2D eigenvalue weighted by Gasteiger charge is 2.30. The number of hydrogen-bond acceptors (Lipinski definition) is 5. The van der Waals surface area contributed by atoms with Gasteiger partial charge in [0.2, 0.25) is 10.0 Å². The summed E-state index contributed by atoms with van der Waals surface area (Å²) in [7, 11) is -3.69. The standard InChI is InChI=1S/C23H21FN2O5S/c24-20-7-3-6-19(14-20)23(28)31-16-22(27)25-10-12-26(13-11-25)32(29,30)21-9-8-17-4-1-2-5-18(17)15-21/h1-9,14-15H,10-13,16H2. The van der Waals surface area contributed by atoms with Crippen LogP contribution >= 0.6 is 0 Å². The minimum absolute atomic E-state index is 0.0177. The van der Waals surface area contributed by atoms with Gasteiger partial charge in [0.25, 0.3) is 5.91 Å². The largest absolute Gasteiger partial charge is 0.452 e. The van der Waals surface area contributed by atoms with Gasteiger partial charge in [0.05, 0.1) is 10.5 Å². The topological polar surface area (TPSA) is 84.0 Å². The average molecular weight is 456 g/mol. The zero-order chi connectivity index (χ0) is 22.7. The van der Waals surface area contributed by atoms with Crippen LogP contribution in [0.15, 0.2) is 71.6 Å². The number of fused-ring (bicyclic) bond motifs is 1. The van der Waals surface area contributed by atoms with Crippen molar-refractivity contribution in [2.24, 2.45) is 0 Å². The smallest absolute Gasteiger partial charge is 0.338 e. The zero-order valence-corrected chi connectivity index (χ0v) is 17.9. The highest BCUT2D eigenvalue weighted by Crippen LogP contribution is 2.23. The van der Waals surface area contributed by atoms with Gasteiger partial charge in [0.1, 0.15) is 5.82 Å². The first-order valence-electron chi connectivity index (χ1n) is 10.0. The number of ether oxygens (including phenoxy) is 1. The van der Waals surface area contributed by atoms with Crippen LogP contribution in [0.4, 0.5) is 4.39 Å². The molecule has 0 aromatic heterocycles. The van der Waals surface area contributed by atoms with Gasteiger partial charge in [0, 0.05) is 26.2 Å². The maximum atomic E-state index is 13.2. The molecule has 1 aliphatic heterocycles. The lowest BCUT2D eigenvalue weighted by Crippen LogP contribution is -2.51. The molecule has 0 atom stereocenters. The van der Waals surface area contributed by atoms with E-state index in [0.717, 1.165) is 16.8 Å². The minimum Gasteiger partial charge on any atom is -0.452 e. The van der Waals surface area contributed by atoms with Crippen molar-refractivity contribution in [2.75, 3.05) is 32.8 Å². The zero-order valence-electron chi connectivity index (χ0n) is 17.1. The molecule has 1 saturated heterocycles. The SMILES string of the molecule is O=C(OCC(=O)N1CCN(S(=O)(=O)c2ccc3ccccc3c2)CC1)c1cccc(F)c1. The number of sulfonamides is 1. The highest BCUT2D eigenvalue weighted by molar-refractivity contribution is 7.89. The van der Waals surface area contributed by atoms with Crippen LogP contribution in [0.25, 0.3) is 10.8 Å². The molecule has 1 heterocycles.